The maximum atomic E-state index is 13.4. The Morgan fingerprint density at radius 1 is 1.08 bits per heavy atom. The number of urea groups is 1. The van der Waals surface area contributed by atoms with Crippen LogP contribution in [0, 0.1) is 9.39 Å². The van der Waals surface area contributed by atoms with Crippen LogP contribution in [-0.2, 0) is 16.2 Å². The number of carbonyl (C=O) groups excluding carboxylic acids is 3. The van der Waals surface area contributed by atoms with Crippen molar-refractivity contribution < 1.29 is 28.2 Å². The van der Waals surface area contributed by atoms with Crippen molar-refractivity contribution in [2.45, 2.75) is 6.61 Å². The molecule has 0 radical (unpaired) electrons. The predicted molar refractivity (Wildman–Crippen MR) is 140 cm³/mol. The van der Waals surface area contributed by atoms with Gasteiger partial charge in [-0.1, -0.05) is 30.3 Å². The molecule has 8 nitrogen and oxygen atoms in total. The fourth-order valence-corrected chi connectivity index (χ4v) is 4.17. The molecule has 36 heavy (non-hydrogen) atoms. The van der Waals surface area contributed by atoms with Gasteiger partial charge in [0.15, 0.2) is 0 Å². The molecule has 4 rings (SSSR count). The van der Waals surface area contributed by atoms with E-state index in [1.54, 1.807) is 54.6 Å². The SMILES string of the molecule is COc1ccccc1NC(=O)CN1C(=O)N/C(=C/c2ccc(OCc3cccc(F)c3)c(I)c2)C1=O. The van der Waals surface area contributed by atoms with Gasteiger partial charge >= 0.3 is 6.03 Å². The van der Waals surface area contributed by atoms with Gasteiger partial charge in [0.25, 0.3) is 5.91 Å². The molecule has 1 heterocycles. The lowest BCUT2D eigenvalue weighted by molar-refractivity contribution is -0.127. The summed E-state index contributed by atoms with van der Waals surface area (Å²) in [6, 6.07) is 17.5. The zero-order chi connectivity index (χ0) is 25.7. The lowest BCUT2D eigenvalue weighted by Gasteiger charge is -2.13. The molecule has 0 unspecified atom stereocenters. The van der Waals surface area contributed by atoms with E-state index in [0.29, 0.717) is 28.3 Å². The van der Waals surface area contributed by atoms with E-state index in [-0.39, 0.29) is 18.1 Å². The fourth-order valence-electron chi connectivity index (χ4n) is 3.47. The number of carbonyl (C=O) groups is 3. The maximum Gasteiger partial charge on any atom is 0.329 e. The summed E-state index contributed by atoms with van der Waals surface area (Å²) in [7, 11) is 1.48. The second kappa shape index (κ2) is 11.2. The molecule has 2 N–H and O–H groups in total. The maximum absolute atomic E-state index is 13.4. The Labute approximate surface area is 220 Å². The van der Waals surface area contributed by atoms with Crippen LogP contribution < -0.4 is 20.1 Å². The molecule has 1 aliphatic heterocycles. The molecule has 4 amide bonds. The number of rotatable bonds is 8. The predicted octanol–water partition coefficient (Wildman–Crippen LogP) is 4.55. The Kier molecular flexibility index (Phi) is 7.84. The summed E-state index contributed by atoms with van der Waals surface area (Å²) in [6.45, 7) is -0.251. The van der Waals surface area contributed by atoms with Crippen LogP contribution in [-0.4, -0.2) is 36.4 Å². The highest BCUT2D eigenvalue weighted by Crippen LogP contribution is 2.26. The first-order valence-electron chi connectivity index (χ1n) is 10.8. The molecule has 1 saturated heterocycles. The normalized spacial score (nSPS) is 14.1. The first-order chi connectivity index (χ1) is 17.3. The molecular formula is C26H21FIN3O5. The summed E-state index contributed by atoms with van der Waals surface area (Å²) in [6.07, 6.45) is 1.52. The third-order valence-corrected chi connectivity index (χ3v) is 6.04. The molecule has 0 aliphatic carbocycles. The minimum Gasteiger partial charge on any atom is -0.495 e. The Balaban J connectivity index is 1.40. The Hall–Kier alpha value is -3.93. The average Bonchev–Trinajstić information content (AvgIpc) is 3.11. The number of para-hydroxylation sites is 2. The van der Waals surface area contributed by atoms with E-state index in [4.69, 9.17) is 9.47 Å². The van der Waals surface area contributed by atoms with Gasteiger partial charge in [-0.15, -0.1) is 0 Å². The van der Waals surface area contributed by atoms with Crippen LogP contribution in [0.15, 0.2) is 72.4 Å². The van der Waals surface area contributed by atoms with Crippen LogP contribution in [0.5, 0.6) is 11.5 Å². The summed E-state index contributed by atoms with van der Waals surface area (Å²) in [4.78, 5) is 38.4. The zero-order valence-electron chi connectivity index (χ0n) is 19.1. The first kappa shape index (κ1) is 25.2. The Bertz CT molecular complexity index is 1360. The zero-order valence-corrected chi connectivity index (χ0v) is 21.2. The molecule has 0 spiro atoms. The van der Waals surface area contributed by atoms with Crippen molar-refractivity contribution in [1.82, 2.24) is 10.2 Å². The third-order valence-electron chi connectivity index (χ3n) is 5.20. The summed E-state index contributed by atoms with van der Waals surface area (Å²) in [5, 5.41) is 5.15. The van der Waals surface area contributed by atoms with Gasteiger partial charge in [0, 0.05) is 0 Å². The van der Waals surface area contributed by atoms with Crippen LogP contribution >= 0.6 is 22.6 Å². The molecular weight excluding hydrogens is 580 g/mol. The number of nitrogens with zero attached hydrogens (tertiary/aromatic N) is 1. The topological polar surface area (TPSA) is 97.0 Å². The molecule has 3 aromatic carbocycles. The van der Waals surface area contributed by atoms with Gasteiger partial charge in [-0.2, -0.15) is 0 Å². The van der Waals surface area contributed by atoms with Crippen molar-refractivity contribution in [3.8, 4) is 11.5 Å². The fraction of sp³-hybridized carbons (Fsp3) is 0.115. The van der Waals surface area contributed by atoms with Crippen molar-refractivity contribution in [3.05, 3.63) is 92.9 Å². The number of amides is 4. The van der Waals surface area contributed by atoms with Gasteiger partial charge in [-0.05, 0) is 76.2 Å². The minimum atomic E-state index is -0.689. The third kappa shape index (κ3) is 6.00. The number of halogens is 2. The molecule has 1 aliphatic rings. The molecule has 0 saturated carbocycles. The van der Waals surface area contributed by atoms with E-state index in [1.807, 2.05) is 0 Å². The molecule has 3 aromatic rings. The van der Waals surface area contributed by atoms with E-state index >= 15 is 0 Å². The minimum absolute atomic E-state index is 0.0503. The van der Waals surface area contributed by atoms with E-state index in [2.05, 4.69) is 33.2 Å². The van der Waals surface area contributed by atoms with Crippen molar-refractivity contribution >= 4 is 52.2 Å². The summed E-state index contributed by atoms with van der Waals surface area (Å²) < 4.78 is 25.1. The lowest BCUT2D eigenvalue weighted by Crippen LogP contribution is -2.38. The van der Waals surface area contributed by atoms with Crippen molar-refractivity contribution in [1.29, 1.82) is 0 Å². The standard InChI is InChI=1S/C26H21FIN3O5/c1-35-23-8-3-2-7-20(23)29-24(32)14-31-25(33)21(30-26(31)34)13-16-9-10-22(19(28)12-16)36-15-17-5-4-6-18(27)11-17/h2-13H,14-15H2,1H3,(H,29,32)(H,30,34)/b21-13+. The molecule has 184 valence electrons. The summed E-state index contributed by atoms with van der Waals surface area (Å²) in [5.74, 6) is -0.433. The number of hydrogen-bond donors (Lipinski definition) is 2. The number of anilines is 1. The van der Waals surface area contributed by atoms with Crippen LogP contribution in [0.4, 0.5) is 14.9 Å². The van der Waals surface area contributed by atoms with E-state index in [9.17, 15) is 18.8 Å². The van der Waals surface area contributed by atoms with Crippen LogP contribution in [0.3, 0.4) is 0 Å². The largest absolute Gasteiger partial charge is 0.495 e. The number of benzene rings is 3. The van der Waals surface area contributed by atoms with Crippen molar-refractivity contribution in [3.63, 3.8) is 0 Å². The van der Waals surface area contributed by atoms with E-state index < -0.39 is 24.4 Å². The van der Waals surface area contributed by atoms with Crippen molar-refractivity contribution in [2.24, 2.45) is 0 Å². The van der Waals surface area contributed by atoms with Gasteiger partial charge in [0.1, 0.15) is 36.2 Å². The van der Waals surface area contributed by atoms with Crippen LogP contribution in [0.25, 0.3) is 6.08 Å². The number of methoxy groups -OCH3 is 1. The van der Waals surface area contributed by atoms with Gasteiger partial charge in [-0.3, -0.25) is 9.59 Å². The van der Waals surface area contributed by atoms with Gasteiger partial charge in [-0.25, -0.2) is 14.1 Å². The Morgan fingerprint density at radius 3 is 2.64 bits per heavy atom. The van der Waals surface area contributed by atoms with E-state index in [0.717, 1.165) is 8.47 Å². The average molecular weight is 601 g/mol. The summed E-state index contributed by atoms with van der Waals surface area (Å²) in [5.41, 5.74) is 1.84. The smallest absolute Gasteiger partial charge is 0.329 e. The highest BCUT2D eigenvalue weighted by molar-refractivity contribution is 14.1. The van der Waals surface area contributed by atoms with Gasteiger partial charge < -0.3 is 20.1 Å². The van der Waals surface area contributed by atoms with E-state index in [1.165, 1.54) is 25.3 Å². The number of imide groups is 1. The van der Waals surface area contributed by atoms with Crippen molar-refractivity contribution in [2.75, 3.05) is 19.0 Å². The quantitative estimate of drug-likeness (QED) is 0.225. The highest BCUT2D eigenvalue weighted by Gasteiger charge is 2.35. The van der Waals surface area contributed by atoms with Crippen LogP contribution in [0.1, 0.15) is 11.1 Å². The van der Waals surface area contributed by atoms with Gasteiger partial charge in [0.05, 0.1) is 16.4 Å². The molecule has 10 heteroatoms. The number of ether oxygens (including phenoxy) is 2. The Morgan fingerprint density at radius 2 is 1.89 bits per heavy atom. The second-order valence-electron chi connectivity index (χ2n) is 7.74. The highest BCUT2D eigenvalue weighted by atomic mass is 127. The lowest BCUT2D eigenvalue weighted by atomic mass is 10.2. The summed E-state index contributed by atoms with van der Waals surface area (Å²) >= 11 is 2.09. The molecule has 0 aromatic heterocycles. The first-order valence-corrected chi connectivity index (χ1v) is 11.9. The number of hydrogen-bond acceptors (Lipinski definition) is 5. The molecule has 0 bridgehead atoms. The molecule has 0 atom stereocenters. The second-order valence-corrected chi connectivity index (χ2v) is 8.90. The van der Waals surface area contributed by atoms with Crippen LogP contribution in [0.2, 0.25) is 0 Å². The molecule has 1 fully saturated rings. The monoisotopic (exact) mass is 601 g/mol. The number of nitrogens with one attached hydrogen (secondary N) is 2. The van der Waals surface area contributed by atoms with Gasteiger partial charge in [0.2, 0.25) is 5.91 Å².